The Bertz CT molecular complexity index is 287. The summed E-state index contributed by atoms with van der Waals surface area (Å²) in [5, 5.41) is 0. The van der Waals surface area contributed by atoms with Crippen LogP contribution in [-0.2, 0) is 0 Å². The topological polar surface area (TPSA) is 0 Å². The maximum Gasteiger partial charge on any atom is 0.126 e. The minimum atomic E-state index is -0.100. The molecule has 0 bridgehead atoms. The van der Waals surface area contributed by atoms with E-state index in [4.69, 9.17) is 0 Å². The molecule has 12 heavy (non-hydrogen) atoms. The van der Waals surface area contributed by atoms with Crippen LogP contribution in [0.5, 0.6) is 0 Å². The fourth-order valence-corrected chi connectivity index (χ4v) is 1.43. The van der Waals surface area contributed by atoms with Crippen molar-refractivity contribution in [3.8, 4) is 0 Å². The highest BCUT2D eigenvalue weighted by Gasteiger charge is 2.07. The van der Waals surface area contributed by atoms with Crippen molar-refractivity contribution in [3.05, 3.63) is 34.6 Å². The summed E-state index contributed by atoms with van der Waals surface area (Å²) in [5.41, 5.74) is 3.11. The molecule has 0 fully saturated rings. The van der Waals surface area contributed by atoms with Crippen LogP contribution in [0.4, 0.5) is 4.39 Å². The van der Waals surface area contributed by atoms with Gasteiger partial charge in [0.25, 0.3) is 0 Å². The molecule has 0 aliphatic rings. The summed E-state index contributed by atoms with van der Waals surface area (Å²) >= 11 is 0. The average molecular weight is 166 g/mol. The first-order valence-electron chi connectivity index (χ1n) is 4.29. The second kappa shape index (κ2) is 3.26. The van der Waals surface area contributed by atoms with Crippen molar-refractivity contribution in [2.75, 3.05) is 0 Å². The van der Waals surface area contributed by atoms with E-state index in [0.29, 0.717) is 5.92 Å². The van der Waals surface area contributed by atoms with Gasteiger partial charge in [0.1, 0.15) is 5.82 Å². The lowest BCUT2D eigenvalue weighted by atomic mass is 9.95. The SMILES string of the molecule is Cc1c(F)ccc(C(C)C)c1C. The third-order valence-corrected chi connectivity index (χ3v) is 2.38. The summed E-state index contributed by atoms with van der Waals surface area (Å²) in [4.78, 5) is 0. The molecule has 0 N–H and O–H groups in total. The van der Waals surface area contributed by atoms with Crippen LogP contribution in [0, 0.1) is 19.7 Å². The molecule has 66 valence electrons. The van der Waals surface area contributed by atoms with Gasteiger partial charge in [0, 0.05) is 0 Å². The lowest BCUT2D eigenvalue weighted by molar-refractivity contribution is 0.614. The van der Waals surface area contributed by atoms with Crippen LogP contribution in [0.2, 0.25) is 0 Å². The van der Waals surface area contributed by atoms with Crippen molar-refractivity contribution in [2.45, 2.75) is 33.6 Å². The van der Waals surface area contributed by atoms with Gasteiger partial charge in [-0.15, -0.1) is 0 Å². The van der Waals surface area contributed by atoms with Crippen molar-refractivity contribution in [3.63, 3.8) is 0 Å². The first-order valence-corrected chi connectivity index (χ1v) is 4.29. The monoisotopic (exact) mass is 166 g/mol. The zero-order valence-corrected chi connectivity index (χ0v) is 8.11. The Morgan fingerprint density at radius 2 is 1.67 bits per heavy atom. The van der Waals surface area contributed by atoms with Crippen molar-refractivity contribution < 1.29 is 4.39 Å². The molecule has 1 aromatic carbocycles. The fourth-order valence-electron chi connectivity index (χ4n) is 1.43. The van der Waals surface area contributed by atoms with Gasteiger partial charge in [0.05, 0.1) is 0 Å². The quantitative estimate of drug-likeness (QED) is 0.598. The summed E-state index contributed by atoms with van der Waals surface area (Å²) in [6.45, 7) is 8.06. The second-order valence-electron chi connectivity index (χ2n) is 3.54. The Labute approximate surface area is 73.4 Å². The molecule has 1 heteroatoms. The fraction of sp³-hybridized carbons (Fsp3) is 0.455. The lowest BCUT2D eigenvalue weighted by Gasteiger charge is -2.12. The zero-order valence-electron chi connectivity index (χ0n) is 8.11. The third-order valence-electron chi connectivity index (χ3n) is 2.38. The Morgan fingerprint density at radius 3 is 2.17 bits per heavy atom. The number of hydrogen-bond donors (Lipinski definition) is 0. The molecule has 0 saturated heterocycles. The molecule has 0 amide bonds. The van der Waals surface area contributed by atoms with Crippen molar-refractivity contribution in [1.82, 2.24) is 0 Å². The normalized spacial score (nSPS) is 10.8. The van der Waals surface area contributed by atoms with Gasteiger partial charge >= 0.3 is 0 Å². The highest BCUT2D eigenvalue weighted by Crippen LogP contribution is 2.23. The van der Waals surface area contributed by atoms with Crippen molar-refractivity contribution in [2.24, 2.45) is 0 Å². The molecule has 0 aliphatic carbocycles. The van der Waals surface area contributed by atoms with Gasteiger partial charge in [-0.05, 0) is 42.5 Å². The molecule has 1 aromatic rings. The van der Waals surface area contributed by atoms with Gasteiger partial charge in [-0.1, -0.05) is 19.9 Å². The largest absolute Gasteiger partial charge is 0.207 e. The Morgan fingerprint density at radius 1 is 1.08 bits per heavy atom. The van der Waals surface area contributed by atoms with Crippen LogP contribution in [0.25, 0.3) is 0 Å². The summed E-state index contributed by atoms with van der Waals surface area (Å²) < 4.78 is 13.0. The first kappa shape index (κ1) is 9.24. The van der Waals surface area contributed by atoms with E-state index in [2.05, 4.69) is 13.8 Å². The van der Waals surface area contributed by atoms with Gasteiger partial charge in [0.2, 0.25) is 0 Å². The Kier molecular flexibility index (Phi) is 2.51. The van der Waals surface area contributed by atoms with Crippen LogP contribution < -0.4 is 0 Å². The maximum atomic E-state index is 13.0. The molecule has 0 heterocycles. The smallest absolute Gasteiger partial charge is 0.126 e. The van der Waals surface area contributed by atoms with E-state index in [1.54, 1.807) is 6.07 Å². The van der Waals surface area contributed by atoms with Crippen LogP contribution in [0.3, 0.4) is 0 Å². The second-order valence-corrected chi connectivity index (χ2v) is 3.54. The number of hydrogen-bond acceptors (Lipinski definition) is 0. The third kappa shape index (κ3) is 1.50. The summed E-state index contributed by atoms with van der Waals surface area (Å²) in [6, 6.07) is 3.43. The van der Waals surface area contributed by atoms with Crippen molar-refractivity contribution >= 4 is 0 Å². The molecule has 0 unspecified atom stereocenters. The molecular formula is C11H15F. The van der Waals surface area contributed by atoms with E-state index in [0.717, 1.165) is 11.1 Å². The number of rotatable bonds is 1. The highest BCUT2D eigenvalue weighted by atomic mass is 19.1. The molecule has 0 aromatic heterocycles. The molecule has 0 atom stereocenters. The minimum Gasteiger partial charge on any atom is -0.207 e. The summed E-state index contributed by atoms with van der Waals surface area (Å²) in [5.74, 6) is 0.376. The van der Waals surface area contributed by atoms with E-state index in [-0.39, 0.29) is 5.82 Å². The molecule has 0 saturated carbocycles. The number of benzene rings is 1. The van der Waals surface area contributed by atoms with Crippen LogP contribution >= 0.6 is 0 Å². The number of halogens is 1. The predicted molar refractivity (Wildman–Crippen MR) is 50.0 cm³/mol. The predicted octanol–water partition coefficient (Wildman–Crippen LogP) is 3.57. The van der Waals surface area contributed by atoms with Crippen LogP contribution in [0.1, 0.15) is 36.5 Å². The minimum absolute atomic E-state index is 0.100. The van der Waals surface area contributed by atoms with Gasteiger partial charge < -0.3 is 0 Å². The van der Waals surface area contributed by atoms with Gasteiger partial charge in [-0.2, -0.15) is 0 Å². The van der Waals surface area contributed by atoms with E-state index in [1.807, 2.05) is 19.9 Å². The van der Waals surface area contributed by atoms with E-state index < -0.39 is 0 Å². The molecule has 0 spiro atoms. The van der Waals surface area contributed by atoms with Crippen LogP contribution in [0.15, 0.2) is 12.1 Å². The maximum absolute atomic E-state index is 13.0. The summed E-state index contributed by atoms with van der Waals surface area (Å²) in [6.07, 6.45) is 0. The molecule has 0 radical (unpaired) electrons. The standard InChI is InChI=1S/C11H15F/c1-7(2)10-5-6-11(12)9(4)8(10)3/h5-7H,1-4H3. The van der Waals surface area contributed by atoms with Gasteiger partial charge in [0.15, 0.2) is 0 Å². The van der Waals surface area contributed by atoms with Crippen molar-refractivity contribution in [1.29, 1.82) is 0 Å². The zero-order chi connectivity index (χ0) is 9.30. The molecule has 1 rings (SSSR count). The van der Waals surface area contributed by atoms with Gasteiger partial charge in [-0.25, -0.2) is 4.39 Å². The molecule has 0 nitrogen and oxygen atoms in total. The molecule has 0 aliphatic heterocycles. The van der Waals surface area contributed by atoms with E-state index >= 15 is 0 Å². The first-order chi connectivity index (χ1) is 5.54. The highest BCUT2D eigenvalue weighted by molar-refractivity contribution is 5.35. The summed E-state index contributed by atoms with van der Waals surface area (Å²) in [7, 11) is 0. The Hall–Kier alpha value is -0.850. The van der Waals surface area contributed by atoms with E-state index in [9.17, 15) is 4.39 Å². The molecular weight excluding hydrogens is 151 g/mol. The van der Waals surface area contributed by atoms with Crippen LogP contribution in [-0.4, -0.2) is 0 Å². The van der Waals surface area contributed by atoms with Gasteiger partial charge in [-0.3, -0.25) is 0 Å². The average Bonchev–Trinajstić information content (AvgIpc) is 2.00. The van der Waals surface area contributed by atoms with E-state index in [1.165, 1.54) is 5.56 Å². The lowest BCUT2D eigenvalue weighted by Crippen LogP contribution is -1.96. The Balaban J connectivity index is 3.27.